The molecule has 27 heavy (non-hydrogen) atoms. The molecular formula is C22H25NO4. The quantitative estimate of drug-likeness (QED) is 0.565. The van der Waals surface area contributed by atoms with E-state index in [9.17, 15) is 14.4 Å². The molecule has 0 fully saturated rings. The Kier molecular flexibility index (Phi) is 7.29. The van der Waals surface area contributed by atoms with E-state index in [4.69, 9.17) is 4.74 Å². The molecule has 5 nitrogen and oxygen atoms in total. The van der Waals surface area contributed by atoms with Crippen molar-refractivity contribution in [2.75, 3.05) is 5.32 Å². The summed E-state index contributed by atoms with van der Waals surface area (Å²) in [5.41, 5.74) is 2.10. The number of aryl methyl sites for hydroxylation is 1. The zero-order chi connectivity index (χ0) is 19.8. The number of amides is 1. The number of hydrogen-bond donors (Lipinski definition) is 1. The first-order valence-corrected chi connectivity index (χ1v) is 9.05. The van der Waals surface area contributed by atoms with Crippen molar-refractivity contribution in [2.24, 2.45) is 5.92 Å². The lowest BCUT2D eigenvalue weighted by Crippen LogP contribution is -2.24. The Labute approximate surface area is 159 Å². The maximum absolute atomic E-state index is 12.4. The van der Waals surface area contributed by atoms with Gasteiger partial charge >= 0.3 is 5.97 Å². The molecule has 5 heteroatoms. The summed E-state index contributed by atoms with van der Waals surface area (Å²) in [7, 11) is 0. The molecule has 0 aromatic heterocycles. The standard InChI is InChI=1S/C22H25NO4/c1-15(2)22(26)23-19-12-10-18(11-13-19)21(25)16(3)27-20(24)14-9-17-7-5-4-6-8-17/h4-8,10-13,15-16H,9,14H2,1-3H3,(H,23,26). The first kappa shape index (κ1) is 20.4. The molecular weight excluding hydrogens is 342 g/mol. The number of ether oxygens (including phenoxy) is 1. The predicted molar refractivity (Wildman–Crippen MR) is 105 cm³/mol. The molecule has 0 aliphatic carbocycles. The van der Waals surface area contributed by atoms with Gasteiger partial charge in [0.2, 0.25) is 11.7 Å². The second-order valence-corrected chi connectivity index (χ2v) is 6.70. The van der Waals surface area contributed by atoms with Crippen LogP contribution in [0.5, 0.6) is 0 Å². The van der Waals surface area contributed by atoms with E-state index in [1.54, 1.807) is 45.0 Å². The van der Waals surface area contributed by atoms with Crippen molar-refractivity contribution in [3.05, 3.63) is 65.7 Å². The van der Waals surface area contributed by atoms with Gasteiger partial charge in [-0.2, -0.15) is 0 Å². The lowest BCUT2D eigenvalue weighted by molar-refractivity contribution is -0.146. The molecule has 1 unspecified atom stereocenters. The number of Topliss-reactive ketones (excluding diaryl/α,β-unsaturated/α-hetero) is 1. The molecule has 0 heterocycles. The zero-order valence-corrected chi connectivity index (χ0v) is 15.9. The van der Waals surface area contributed by atoms with Crippen LogP contribution >= 0.6 is 0 Å². The van der Waals surface area contributed by atoms with Gasteiger partial charge in [-0.1, -0.05) is 44.2 Å². The average Bonchev–Trinajstić information content (AvgIpc) is 2.67. The Morgan fingerprint density at radius 1 is 0.926 bits per heavy atom. The smallest absolute Gasteiger partial charge is 0.306 e. The van der Waals surface area contributed by atoms with Crippen molar-refractivity contribution < 1.29 is 19.1 Å². The molecule has 0 saturated heterocycles. The van der Waals surface area contributed by atoms with Gasteiger partial charge in [-0.15, -0.1) is 0 Å². The van der Waals surface area contributed by atoms with E-state index < -0.39 is 12.1 Å². The van der Waals surface area contributed by atoms with Crippen molar-refractivity contribution in [2.45, 2.75) is 39.7 Å². The van der Waals surface area contributed by atoms with Crippen molar-refractivity contribution in [3.63, 3.8) is 0 Å². The second-order valence-electron chi connectivity index (χ2n) is 6.70. The Hall–Kier alpha value is -2.95. The summed E-state index contributed by atoms with van der Waals surface area (Å²) < 4.78 is 5.26. The molecule has 0 saturated carbocycles. The Morgan fingerprint density at radius 3 is 2.15 bits per heavy atom. The van der Waals surface area contributed by atoms with Gasteiger partial charge in [-0.25, -0.2) is 0 Å². The predicted octanol–water partition coefficient (Wildman–Crippen LogP) is 4.03. The molecule has 0 radical (unpaired) electrons. The summed E-state index contributed by atoms with van der Waals surface area (Å²) in [6.45, 7) is 5.18. The van der Waals surface area contributed by atoms with Gasteiger partial charge in [0.15, 0.2) is 6.10 Å². The Bertz CT molecular complexity index is 782. The van der Waals surface area contributed by atoms with Crippen molar-refractivity contribution in [1.82, 2.24) is 0 Å². The van der Waals surface area contributed by atoms with E-state index in [-0.39, 0.29) is 24.0 Å². The molecule has 0 aliphatic heterocycles. The monoisotopic (exact) mass is 367 g/mol. The number of nitrogens with one attached hydrogen (secondary N) is 1. The number of rotatable bonds is 8. The van der Waals surface area contributed by atoms with Crippen LogP contribution in [0.3, 0.4) is 0 Å². The zero-order valence-electron chi connectivity index (χ0n) is 15.9. The fourth-order valence-corrected chi connectivity index (χ4v) is 2.44. The highest BCUT2D eigenvalue weighted by Gasteiger charge is 2.19. The summed E-state index contributed by atoms with van der Waals surface area (Å²) in [6.07, 6.45) is -0.0588. The van der Waals surface area contributed by atoms with Crippen LogP contribution in [0.25, 0.3) is 0 Å². The lowest BCUT2D eigenvalue weighted by Gasteiger charge is -2.13. The molecule has 1 N–H and O–H groups in total. The van der Waals surface area contributed by atoms with Gasteiger partial charge in [0.25, 0.3) is 0 Å². The Morgan fingerprint density at radius 2 is 1.56 bits per heavy atom. The first-order valence-electron chi connectivity index (χ1n) is 9.05. The van der Waals surface area contributed by atoms with Crippen molar-refractivity contribution in [1.29, 1.82) is 0 Å². The molecule has 2 aromatic rings. The molecule has 0 bridgehead atoms. The highest BCUT2D eigenvalue weighted by atomic mass is 16.5. The maximum atomic E-state index is 12.4. The van der Waals surface area contributed by atoms with Crippen LogP contribution in [-0.2, 0) is 20.7 Å². The molecule has 0 aliphatic rings. The minimum absolute atomic E-state index is 0.0882. The van der Waals surface area contributed by atoms with Crippen LogP contribution in [0.2, 0.25) is 0 Å². The van der Waals surface area contributed by atoms with Crippen LogP contribution in [0.15, 0.2) is 54.6 Å². The molecule has 1 amide bonds. The van der Waals surface area contributed by atoms with Gasteiger partial charge in [0.1, 0.15) is 0 Å². The molecule has 2 aromatic carbocycles. The second kappa shape index (κ2) is 9.67. The maximum Gasteiger partial charge on any atom is 0.306 e. The minimum atomic E-state index is -0.857. The van der Waals surface area contributed by atoms with Crippen molar-refractivity contribution in [3.8, 4) is 0 Å². The third kappa shape index (κ3) is 6.37. The molecule has 142 valence electrons. The summed E-state index contributed by atoms with van der Waals surface area (Å²) in [5, 5.41) is 2.77. The van der Waals surface area contributed by atoms with E-state index in [1.807, 2.05) is 30.3 Å². The average molecular weight is 367 g/mol. The van der Waals surface area contributed by atoms with Crippen LogP contribution in [-0.4, -0.2) is 23.8 Å². The summed E-state index contributed by atoms with van der Waals surface area (Å²) in [6, 6.07) is 16.2. The van der Waals surface area contributed by atoms with Gasteiger partial charge in [-0.3, -0.25) is 14.4 Å². The molecule has 2 rings (SSSR count). The number of carbonyl (C=O) groups is 3. The van der Waals surface area contributed by atoms with E-state index in [0.29, 0.717) is 17.7 Å². The van der Waals surface area contributed by atoms with Crippen LogP contribution in [0.4, 0.5) is 5.69 Å². The minimum Gasteiger partial charge on any atom is -0.454 e. The Balaban J connectivity index is 1.86. The largest absolute Gasteiger partial charge is 0.454 e. The number of hydrogen-bond acceptors (Lipinski definition) is 4. The highest BCUT2D eigenvalue weighted by molar-refractivity contribution is 6.01. The number of esters is 1. The van der Waals surface area contributed by atoms with Crippen LogP contribution in [0.1, 0.15) is 43.1 Å². The summed E-state index contributed by atoms with van der Waals surface area (Å²) >= 11 is 0. The van der Waals surface area contributed by atoms with E-state index >= 15 is 0 Å². The highest BCUT2D eigenvalue weighted by Crippen LogP contribution is 2.14. The number of anilines is 1. The summed E-state index contributed by atoms with van der Waals surface area (Å²) in [5.74, 6) is -0.887. The lowest BCUT2D eigenvalue weighted by atomic mass is 10.1. The molecule has 0 spiro atoms. The van der Waals surface area contributed by atoms with Crippen LogP contribution < -0.4 is 5.32 Å². The molecule has 1 atom stereocenters. The normalized spacial score (nSPS) is 11.7. The third-order valence-corrected chi connectivity index (χ3v) is 4.10. The van der Waals surface area contributed by atoms with Gasteiger partial charge in [0.05, 0.1) is 0 Å². The SMILES string of the molecule is CC(C)C(=O)Nc1ccc(C(=O)C(C)OC(=O)CCc2ccccc2)cc1. The number of benzene rings is 2. The topological polar surface area (TPSA) is 72.5 Å². The van der Waals surface area contributed by atoms with Gasteiger partial charge < -0.3 is 10.1 Å². The fraction of sp³-hybridized carbons (Fsp3) is 0.318. The van der Waals surface area contributed by atoms with Gasteiger partial charge in [0, 0.05) is 23.6 Å². The van der Waals surface area contributed by atoms with E-state index in [0.717, 1.165) is 5.56 Å². The number of ketones is 1. The number of carbonyl (C=O) groups excluding carboxylic acids is 3. The van der Waals surface area contributed by atoms with E-state index in [2.05, 4.69) is 5.32 Å². The van der Waals surface area contributed by atoms with E-state index in [1.165, 1.54) is 0 Å². The van der Waals surface area contributed by atoms with Crippen LogP contribution in [0, 0.1) is 5.92 Å². The fourth-order valence-electron chi connectivity index (χ4n) is 2.44. The van der Waals surface area contributed by atoms with Crippen molar-refractivity contribution >= 4 is 23.3 Å². The summed E-state index contributed by atoms with van der Waals surface area (Å²) in [4.78, 5) is 36.1. The first-order chi connectivity index (χ1) is 12.9. The third-order valence-electron chi connectivity index (χ3n) is 4.10. The van der Waals surface area contributed by atoms with Gasteiger partial charge in [-0.05, 0) is 43.2 Å².